The van der Waals surface area contributed by atoms with E-state index in [-0.39, 0.29) is 0 Å². The molecular formula is C16H36N2Si. The summed E-state index contributed by atoms with van der Waals surface area (Å²) in [6.45, 7) is 11.1. The van der Waals surface area contributed by atoms with Crippen LogP contribution >= 0.6 is 0 Å². The zero-order chi connectivity index (χ0) is 13.9. The van der Waals surface area contributed by atoms with Crippen LogP contribution in [0.5, 0.6) is 0 Å². The predicted octanol–water partition coefficient (Wildman–Crippen LogP) is 3.77. The van der Waals surface area contributed by atoms with Gasteiger partial charge in [0.05, 0.1) is 8.80 Å². The fraction of sp³-hybridized carbons (Fsp3) is 1.00. The van der Waals surface area contributed by atoms with Crippen LogP contribution in [-0.4, -0.2) is 39.1 Å². The van der Waals surface area contributed by atoms with Gasteiger partial charge in [0.1, 0.15) is 0 Å². The quantitative estimate of drug-likeness (QED) is 0.485. The molecule has 19 heavy (non-hydrogen) atoms. The van der Waals surface area contributed by atoms with Crippen LogP contribution < -0.4 is 5.32 Å². The first-order chi connectivity index (χ1) is 9.25. The molecular weight excluding hydrogens is 248 g/mol. The molecule has 0 saturated carbocycles. The molecule has 0 aliphatic carbocycles. The fourth-order valence-corrected chi connectivity index (χ4v) is 4.94. The molecule has 1 aliphatic heterocycles. The molecule has 0 bridgehead atoms. The van der Waals surface area contributed by atoms with E-state index < -0.39 is 8.80 Å². The van der Waals surface area contributed by atoms with Gasteiger partial charge in [0, 0.05) is 12.3 Å². The number of nitrogens with zero attached hydrogens (tertiary/aromatic N) is 1. The van der Waals surface area contributed by atoms with Crippen molar-refractivity contribution in [3.05, 3.63) is 0 Å². The lowest BCUT2D eigenvalue weighted by atomic mass is 10.1. The Morgan fingerprint density at radius 2 is 1.63 bits per heavy atom. The van der Waals surface area contributed by atoms with Gasteiger partial charge in [0.25, 0.3) is 0 Å². The molecule has 0 aromatic carbocycles. The van der Waals surface area contributed by atoms with Gasteiger partial charge >= 0.3 is 0 Å². The van der Waals surface area contributed by atoms with Gasteiger partial charge < -0.3 is 5.32 Å². The molecule has 0 radical (unpaired) electrons. The molecule has 1 heterocycles. The summed E-state index contributed by atoms with van der Waals surface area (Å²) in [6.07, 6.45) is 12.8. The van der Waals surface area contributed by atoms with E-state index in [2.05, 4.69) is 30.2 Å². The minimum absolute atomic E-state index is 0.573. The summed E-state index contributed by atoms with van der Waals surface area (Å²) in [5, 5.41) is 3.73. The summed E-state index contributed by atoms with van der Waals surface area (Å²) in [5.41, 5.74) is 0. The van der Waals surface area contributed by atoms with Crippen molar-refractivity contribution in [2.45, 2.75) is 83.6 Å². The largest absolute Gasteiger partial charge is 0.305 e. The molecule has 3 heteroatoms. The topological polar surface area (TPSA) is 15.3 Å². The summed E-state index contributed by atoms with van der Waals surface area (Å²) in [5.74, 6) is 0.762. The van der Waals surface area contributed by atoms with E-state index in [0.717, 1.165) is 5.79 Å². The Morgan fingerprint density at radius 3 is 2.26 bits per heavy atom. The second-order valence-electron chi connectivity index (χ2n) is 6.51. The summed E-state index contributed by atoms with van der Waals surface area (Å²) in [4.78, 5) is 2.73. The molecule has 0 aromatic heterocycles. The minimum atomic E-state index is -0.573. The van der Waals surface area contributed by atoms with Gasteiger partial charge in [-0.15, -0.1) is 0 Å². The fourth-order valence-electron chi connectivity index (χ4n) is 3.16. The Hall–Kier alpha value is 0.137. The molecule has 1 unspecified atom stereocenters. The van der Waals surface area contributed by atoms with Crippen molar-refractivity contribution in [1.82, 2.24) is 10.2 Å². The first kappa shape index (κ1) is 17.2. The van der Waals surface area contributed by atoms with Crippen LogP contribution in [-0.2, 0) is 0 Å². The minimum Gasteiger partial charge on any atom is -0.305 e. The standard InChI is InChI=1S/C16H36N2Si/c1-4-5-6-7-8-9-10-11-14-18-15-12-13-17-16(18)19(2)3/h16-17,19H,4-15H2,1-3H3. The number of hydrogen-bond donors (Lipinski definition) is 1. The number of rotatable bonds is 10. The lowest BCUT2D eigenvalue weighted by Crippen LogP contribution is -2.57. The molecule has 114 valence electrons. The lowest BCUT2D eigenvalue weighted by Gasteiger charge is -2.38. The Kier molecular flexibility index (Phi) is 9.83. The third-order valence-electron chi connectivity index (χ3n) is 4.30. The van der Waals surface area contributed by atoms with Crippen LogP contribution in [0.25, 0.3) is 0 Å². The third kappa shape index (κ3) is 7.47. The molecule has 1 N–H and O–H groups in total. The number of nitrogens with one attached hydrogen (secondary N) is 1. The van der Waals surface area contributed by atoms with Crippen LogP contribution in [0.4, 0.5) is 0 Å². The summed E-state index contributed by atoms with van der Waals surface area (Å²) in [6, 6.07) is 0. The molecule has 2 nitrogen and oxygen atoms in total. The highest BCUT2D eigenvalue weighted by Crippen LogP contribution is 2.12. The van der Waals surface area contributed by atoms with Gasteiger partial charge in [0.2, 0.25) is 0 Å². The van der Waals surface area contributed by atoms with Gasteiger partial charge in [-0.2, -0.15) is 0 Å². The van der Waals surface area contributed by atoms with Crippen molar-refractivity contribution in [3.8, 4) is 0 Å². The van der Waals surface area contributed by atoms with E-state index in [1.54, 1.807) is 0 Å². The van der Waals surface area contributed by atoms with Gasteiger partial charge in [-0.1, -0.05) is 65.0 Å². The monoisotopic (exact) mass is 284 g/mol. The van der Waals surface area contributed by atoms with E-state index in [0.29, 0.717) is 0 Å². The average Bonchev–Trinajstić information content (AvgIpc) is 2.42. The smallest absolute Gasteiger partial charge is 0.0689 e. The van der Waals surface area contributed by atoms with Crippen LogP contribution in [0.3, 0.4) is 0 Å². The zero-order valence-electron chi connectivity index (χ0n) is 13.6. The second kappa shape index (κ2) is 10.9. The highest BCUT2D eigenvalue weighted by Gasteiger charge is 2.24. The molecule has 0 spiro atoms. The van der Waals surface area contributed by atoms with Crippen LogP contribution in [0.1, 0.15) is 64.7 Å². The molecule has 1 fully saturated rings. The second-order valence-corrected chi connectivity index (χ2v) is 9.63. The van der Waals surface area contributed by atoms with Crippen molar-refractivity contribution in [3.63, 3.8) is 0 Å². The Labute approximate surface area is 122 Å². The Bertz CT molecular complexity index is 209. The van der Waals surface area contributed by atoms with Gasteiger partial charge in [-0.25, -0.2) is 0 Å². The summed E-state index contributed by atoms with van der Waals surface area (Å²) >= 11 is 0. The normalized spacial score (nSPS) is 21.2. The SMILES string of the molecule is CCCCCCCCCCN1CCCNC1[SiH](C)C. The first-order valence-electron chi connectivity index (χ1n) is 8.73. The van der Waals surface area contributed by atoms with Crippen LogP contribution in [0.15, 0.2) is 0 Å². The zero-order valence-corrected chi connectivity index (χ0v) is 14.7. The Morgan fingerprint density at radius 1 is 1.00 bits per heavy atom. The highest BCUT2D eigenvalue weighted by atomic mass is 28.3. The van der Waals surface area contributed by atoms with Gasteiger partial charge in [-0.3, -0.25) is 4.90 Å². The van der Waals surface area contributed by atoms with Crippen molar-refractivity contribution in [1.29, 1.82) is 0 Å². The third-order valence-corrected chi connectivity index (χ3v) is 6.22. The Balaban J connectivity index is 2.01. The first-order valence-corrected chi connectivity index (χ1v) is 11.7. The van der Waals surface area contributed by atoms with Gasteiger partial charge in [0.15, 0.2) is 0 Å². The van der Waals surface area contributed by atoms with Crippen molar-refractivity contribution < 1.29 is 0 Å². The summed E-state index contributed by atoms with van der Waals surface area (Å²) in [7, 11) is -0.573. The molecule has 0 amide bonds. The summed E-state index contributed by atoms with van der Waals surface area (Å²) < 4.78 is 0. The van der Waals surface area contributed by atoms with Crippen LogP contribution in [0, 0.1) is 0 Å². The van der Waals surface area contributed by atoms with E-state index in [4.69, 9.17) is 0 Å². The molecule has 1 aliphatic rings. The number of unbranched alkanes of at least 4 members (excludes halogenated alkanes) is 7. The number of hydrogen-bond acceptors (Lipinski definition) is 2. The lowest BCUT2D eigenvalue weighted by molar-refractivity contribution is 0.178. The van der Waals surface area contributed by atoms with Crippen molar-refractivity contribution in [2.75, 3.05) is 19.6 Å². The van der Waals surface area contributed by atoms with Crippen molar-refractivity contribution >= 4 is 8.80 Å². The molecule has 1 saturated heterocycles. The average molecular weight is 285 g/mol. The molecule has 1 rings (SSSR count). The van der Waals surface area contributed by atoms with E-state index in [1.807, 2.05) is 0 Å². The maximum atomic E-state index is 3.73. The highest BCUT2D eigenvalue weighted by molar-refractivity contribution is 6.57. The predicted molar refractivity (Wildman–Crippen MR) is 89.5 cm³/mol. The maximum Gasteiger partial charge on any atom is 0.0689 e. The molecule has 1 atom stereocenters. The molecule has 0 aromatic rings. The van der Waals surface area contributed by atoms with E-state index >= 15 is 0 Å². The van der Waals surface area contributed by atoms with Gasteiger partial charge in [-0.05, 0) is 25.9 Å². The van der Waals surface area contributed by atoms with Crippen molar-refractivity contribution in [2.24, 2.45) is 0 Å². The van der Waals surface area contributed by atoms with E-state index in [1.165, 1.54) is 77.4 Å². The van der Waals surface area contributed by atoms with E-state index in [9.17, 15) is 0 Å². The van der Waals surface area contributed by atoms with Crippen LogP contribution in [0.2, 0.25) is 13.1 Å². The maximum absolute atomic E-state index is 3.73.